The Bertz CT molecular complexity index is 1100. The predicted molar refractivity (Wildman–Crippen MR) is 128 cm³/mol. The second-order valence-electron chi connectivity index (χ2n) is 8.56. The van der Waals surface area contributed by atoms with Crippen molar-refractivity contribution in [2.45, 2.75) is 25.6 Å². The van der Waals surface area contributed by atoms with Crippen molar-refractivity contribution in [2.24, 2.45) is 10.7 Å². The number of ether oxygens (including phenoxy) is 1. The monoisotopic (exact) mass is 487 g/mol. The van der Waals surface area contributed by atoms with E-state index >= 15 is 0 Å². The van der Waals surface area contributed by atoms with Crippen molar-refractivity contribution in [3.63, 3.8) is 0 Å². The van der Waals surface area contributed by atoms with Gasteiger partial charge in [-0.2, -0.15) is 13.2 Å². The van der Waals surface area contributed by atoms with Crippen LogP contribution in [0.25, 0.3) is 5.57 Å². The molecular weight excluding hydrogens is 459 g/mol. The molecular formula is C25H28F3N5O2. The summed E-state index contributed by atoms with van der Waals surface area (Å²) in [5, 5.41) is 0. The molecule has 4 rings (SSSR count). The third-order valence-corrected chi connectivity index (χ3v) is 6.25. The van der Waals surface area contributed by atoms with Crippen molar-refractivity contribution in [3.05, 3.63) is 65.5 Å². The zero-order chi connectivity index (χ0) is 25.0. The molecule has 0 aliphatic carbocycles. The molecule has 2 aliphatic heterocycles. The van der Waals surface area contributed by atoms with Crippen molar-refractivity contribution in [1.29, 1.82) is 0 Å². The average molecular weight is 488 g/mol. The van der Waals surface area contributed by atoms with Crippen LogP contribution in [0.1, 0.15) is 24.5 Å². The van der Waals surface area contributed by atoms with Gasteiger partial charge in [-0.25, -0.2) is 4.98 Å². The smallest absolute Gasteiger partial charge is 0.394 e. The lowest BCUT2D eigenvalue weighted by molar-refractivity contribution is -0.137. The zero-order valence-electron chi connectivity index (χ0n) is 19.5. The normalized spacial score (nSPS) is 20.1. The van der Waals surface area contributed by atoms with Gasteiger partial charge in [0.2, 0.25) is 0 Å². The maximum Gasteiger partial charge on any atom is 0.417 e. The summed E-state index contributed by atoms with van der Waals surface area (Å²) in [4.78, 5) is 25.8. The Morgan fingerprint density at radius 2 is 1.89 bits per heavy atom. The summed E-state index contributed by atoms with van der Waals surface area (Å²) in [7, 11) is 0. The van der Waals surface area contributed by atoms with E-state index in [9.17, 15) is 18.0 Å². The van der Waals surface area contributed by atoms with E-state index in [1.54, 1.807) is 4.90 Å². The van der Waals surface area contributed by atoms with Crippen LogP contribution in [-0.2, 0) is 15.7 Å². The van der Waals surface area contributed by atoms with Gasteiger partial charge < -0.3 is 20.3 Å². The van der Waals surface area contributed by atoms with E-state index in [0.717, 1.165) is 17.8 Å². The van der Waals surface area contributed by atoms with Crippen LogP contribution in [0.3, 0.4) is 0 Å². The van der Waals surface area contributed by atoms with Crippen molar-refractivity contribution < 1.29 is 22.7 Å². The summed E-state index contributed by atoms with van der Waals surface area (Å²) < 4.78 is 44.2. The highest BCUT2D eigenvalue weighted by molar-refractivity contribution is 6.29. The standard InChI is InChI=1S/C25H28F3N5O2/c1-17-9-11-32(21-8-7-19(15-31-21)25(26,27)28)12-13-33(17)24(34)23(29)22(18-5-3-2-4-6-18)20-16-35-14-10-30-20/h2-8,15,17H,9-14,16,29H2,1H3/b23-22-/t17-/m1/s1. The minimum atomic E-state index is -4.43. The van der Waals surface area contributed by atoms with Gasteiger partial charge in [0.25, 0.3) is 5.91 Å². The third kappa shape index (κ3) is 5.64. The molecule has 0 radical (unpaired) electrons. The first-order valence-electron chi connectivity index (χ1n) is 11.5. The number of carbonyl (C=O) groups is 1. The van der Waals surface area contributed by atoms with Crippen LogP contribution in [-0.4, -0.2) is 66.9 Å². The molecule has 1 fully saturated rings. The Morgan fingerprint density at radius 3 is 2.51 bits per heavy atom. The summed E-state index contributed by atoms with van der Waals surface area (Å²) in [6.07, 6.45) is -2.98. The quantitative estimate of drug-likeness (QED) is 0.669. The molecule has 2 aromatic rings. The van der Waals surface area contributed by atoms with Gasteiger partial charge in [-0.05, 0) is 31.0 Å². The molecule has 1 atom stereocenters. The van der Waals surface area contributed by atoms with Gasteiger partial charge in [0.05, 0.1) is 31.0 Å². The van der Waals surface area contributed by atoms with Crippen molar-refractivity contribution in [2.75, 3.05) is 44.3 Å². The number of anilines is 1. The van der Waals surface area contributed by atoms with E-state index in [1.165, 1.54) is 6.07 Å². The van der Waals surface area contributed by atoms with E-state index in [4.69, 9.17) is 10.5 Å². The number of halogens is 3. The van der Waals surface area contributed by atoms with Crippen LogP contribution in [0, 0.1) is 0 Å². The summed E-state index contributed by atoms with van der Waals surface area (Å²) in [6.45, 7) is 4.58. The first-order valence-corrected chi connectivity index (χ1v) is 11.5. The molecule has 7 nitrogen and oxygen atoms in total. The lowest BCUT2D eigenvalue weighted by atomic mass is 9.97. The Balaban J connectivity index is 1.57. The fourth-order valence-electron chi connectivity index (χ4n) is 4.29. The van der Waals surface area contributed by atoms with Gasteiger partial charge in [0, 0.05) is 37.4 Å². The molecule has 1 amide bonds. The average Bonchev–Trinajstić information content (AvgIpc) is 3.06. The minimum absolute atomic E-state index is 0.105. The molecule has 0 unspecified atom stereocenters. The van der Waals surface area contributed by atoms with Crippen LogP contribution in [0.15, 0.2) is 59.4 Å². The van der Waals surface area contributed by atoms with Gasteiger partial charge in [0.15, 0.2) is 0 Å². The SMILES string of the molecule is C[C@@H]1CCN(c2ccc(C(F)(F)F)cn2)CCN1C(=O)/C(N)=C(/C1=NCCOC1)c1ccccc1. The molecule has 10 heteroatoms. The molecule has 186 valence electrons. The van der Waals surface area contributed by atoms with Gasteiger partial charge in [-0.15, -0.1) is 0 Å². The van der Waals surface area contributed by atoms with E-state index in [0.29, 0.717) is 56.3 Å². The second kappa shape index (κ2) is 10.5. The number of aromatic nitrogens is 1. The van der Waals surface area contributed by atoms with Gasteiger partial charge in [-0.3, -0.25) is 9.79 Å². The molecule has 2 N–H and O–H groups in total. The number of hydrogen-bond acceptors (Lipinski definition) is 6. The highest BCUT2D eigenvalue weighted by atomic mass is 19.4. The van der Waals surface area contributed by atoms with Gasteiger partial charge in [-0.1, -0.05) is 30.3 Å². The van der Waals surface area contributed by atoms with E-state index < -0.39 is 11.7 Å². The number of amides is 1. The summed E-state index contributed by atoms with van der Waals surface area (Å²) >= 11 is 0. The maximum absolute atomic E-state index is 13.6. The highest BCUT2D eigenvalue weighted by Gasteiger charge is 2.32. The predicted octanol–water partition coefficient (Wildman–Crippen LogP) is 3.37. The molecule has 3 heterocycles. The molecule has 1 aromatic heterocycles. The summed E-state index contributed by atoms with van der Waals surface area (Å²) in [6, 6.07) is 11.7. The molecule has 0 saturated carbocycles. The van der Waals surface area contributed by atoms with Gasteiger partial charge in [0.1, 0.15) is 11.5 Å². The Morgan fingerprint density at radius 1 is 1.11 bits per heavy atom. The molecule has 1 aromatic carbocycles. The van der Waals surface area contributed by atoms with Crippen molar-refractivity contribution >= 4 is 23.0 Å². The summed E-state index contributed by atoms with van der Waals surface area (Å²) in [5.41, 5.74) is 7.82. The molecule has 0 bridgehead atoms. The van der Waals surface area contributed by atoms with Crippen LogP contribution in [0.4, 0.5) is 19.0 Å². The Hall–Kier alpha value is -3.40. The molecule has 0 spiro atoms. The van der Waals surface area contributed by atoms with Crippen LogP contribution >= 0.6 is 0 Å². The fourth-order valence-corrected chi connectivity index (χ4v) is 4.29. The number of nitrogens with two attached hydrogens (primary N) is 1. The largest absolute Gasteiger partial charge is 0.417 e. The van der Waals surface area contributed by atoms with Gasteiger partial charge >= 0.3 is 6.18 Å². The minimum Gasteiger partial charge on any atom is -0.394 e. The van der Waals surface area contributed by atoms with Crippen LogP contribution in [0.5, 0.6) is 0 Å². The van der Waals surface area contributed by atoms with Crippen molar-refractivity contribution in [1.82, 2.24) is 9.88 Å². The number of carbonyl (C=O) groups excluding carboxylic acids is 1. The van der Waals surface area contributed by atoms with Crippen LogP contribution in [0.2, 0.25) is 0 Å². The van der Waals surface area contributed by atoms with E-state index in [2.05, 4.69) is 9.98 Å². The lowest BCUT2D eigenvalue weighted by Gasteiger charge is -2.28. The van der Waals surface area contributed by atoms with Crippen molar-refractivity contribution in [3.8, 4) is 0 Å². The molecule has 2 aliphatic rings. The maximum atomic E-state index is 13.6. The number of rotatable bonds is 4. The fraction of sp³-hybridized carbons (Fsp3) is 0.400. The number of hydrogen-bond donors (Lipinski definition) is 1. The molecule has 1 saturated heterocycles. The number of pyridine rings is 1. The first kappa shape index (κ1) is 24.7. The number of alkyl halides is 3. The zero-order valence-corrected chi connectivity index (χ0v) is 19.5. The van der Waals surface area contributed by atoms with E-state index in [-0.39, 0.29) is 24.3 Å². The number of aliphatic imine (C=N–C) groups is 1. The van der Waals surface area contributed by atoms with E-state index in [1.807, 2.05) is 42.2 Å². The number of benzene rings is 1. The second-order valence-corrected chi connectivity index (χ2v) is 8.56. The Labute approximate surface area is 202 Å². The first-order chi connectivity index (χ1) is 16.8. The molecule has 35 heavy (non-hydrogen) atoms. The lowest BCUT2D eigenvalue weighted by Crippen LogP contribution is -2.43. The number of nitrogens with zero attached hydrogens (tertiary/aromatic N) is 4. The summed E-state index contributed by atoms with van der Waals surface area (Å²) in [5.74, 6) is 0.147. The highest BCUT2D eigenvalue weighted by Crippen LogP contribution is 2.30. The van der Waals surface area contributed by atoms with Crippen LogP contribution < -0.4 is 10.6 Å². The Kier molecular flexibility index (Phi) is 7.39. The third-order valence-electron chi connectivity index (χ3n) is 6.25. The topological polar surface area (TPSA) is 84.1 Å².